The molecule has 48 valence electrons. The van der Waals surface area contributed by atoms with Gasteiger partial charge in [-0.25, -0.2) is 0 Å². The Labute approximate surface area is 61.0 Å². The minimum Gasteiger partial charge on any atom is -0.101 e. The summed E-state index contributed by atoms with van der Waals surface area (Å²) < 4.78 is 0. The number of hydrogen-bond acceptors (Lipinski definition) is 0. The van der Waals surface area contributed by atoms with E-state index in [9.17, 15) is 0 Å². The molecule has 0 aliphatic heterocycles. The van der Waals surface area contributed by atoms with E-state index >= 15 is 0 Å². The minimum atomic E-state index is 0.467. The normalized spacial score (nSPS) is 51.2. The van der Waals surface area contributed by atoms with Crippen molar-refractivity contribution in [2.24, 2.45) is 10.8 Å². The zero-order chi connectivity index (χ0) is 6.66. The lowest BCUT2D eigenvalue weighted by Crippen LogP contribution is -2.49. The first-order valence-corrected chi connectivity index (χ1v) is 3.83. The van der Waals surface area contributed by atoms with E-state index in [-0.39, 0.29) is 0 Å². The Morgan fingerprint density at radius 1 is 0.800 bits per heavy atom. The molecule has 0 radical (unpaired) electrons. The summed E-state index contributed by atoms with van der Waals surface area (Å²) in [6.07, 6.45) is 4.85. The highest BCUT2D eigenvalue weighted by Crippen LogP contribution is 2.61. The van der Waals surface area contributed by atoms with E-state index in [0.29, 0.717) is 10.8 Å². The van der Waals surface area contributed by atoms with Gasteiger partial charge in [-0.15, -0.1) is 11.8 Å². The molecule has 0 aromatic rings. The molecule has 10 heavy (non-hydrogen) atoms. The molecule has 0 nitrogen and oxygen atoms in total. The Kier molecular flexibility index (Phi) is 0.548. The third-order valence-corrected chi connectivity index (χ3v) is 2.91. The van der Waals surface area contributed by atoms with E-state index in [1.165, 1.54) is 12.8 Å². The van der Waals surface area contributed by atoms with Crippen LogP contribution in [0.3, 0.4) is 0 Å². The third kappa shape index (κ3) is 0.363. The predicted octanol–water partition coefficient (Wildman–Crippen LogP) is 1.57. The first-order chi connectivity index (χ1) is 4.83. The van der Waals surface area contributed by atoms with Crippen molar-refractivity contribution in [2.75, 3.05) is 0 Å². The summed E-state index contributed by atoms with van der Waals surface area (Å²) in [4.78, 5) is 0. The molecule has 0 heterocycles. The maximum Gasteiger partial charge on any atom is 0.0453 e. The Morgan fingerprint density at radius 3 is 1.40 bits per heavy atom. The highest BCUT2D eigenvalue weighted by molar-refractivity contribution is 5.40. The Bertz CT molecular complexity index is 275. The fourth-order valence-corrected chi connectivity index (χ4v) is 2.35. The largest absolute Gasteiger partial charge is 0.101 e. The summed E-state index contributed by atoms with van der Waals surface area (Å²) in [5, 5.41) is 0. The van der Waals surface area contributed by atoms with Crippen LogP contribution < -0.4 is 0 Å². The smallest absolute Gasteiger partial charge is 0.0453 e. The van der Waals surface area contributed by atoms with Crippen LogP contribution in [0.5, 0.6) is 0 Å². The topological polar surface area (TPSA) is 0 Å². The molecule has 0 saturated heterocycles. The standard InChI is InChI=1S/C10H8/c1-3-9(4-1)7-10(8-9)5-2-6-10/h3,5,7-8H2. The molecular weight excluding hydrogens is 120 g/mol. The van der Waals surface area contributed by atoms with Crippen LogP contribution in [-0.2, 0) is 0 Å². The van der Waals surface area contributed by atoms with Gasteiger partial charge in [-0.1, -0.05) is 11.8 Å². The van der Waals surface area contributed by atoms with Gasteiger partial charge < -0.3 is 0 Å². The van der Waals surface area contributed by atoms with Crippen LogP contribution in [0.4, 0.5) is 0 Å². The van der Waals surface area contributed by atoms with Crippen molar-refractivity contribution in [3.63, 3.8) is 0 Å². The zero-order valence-electron chi connectivity index (χ0n) is 5.83. The third-order valence-electron chi connectivity index (χ3n) is 2.91. The van der Waals surface area contributed by atoms with Gasteiger partial charge in [-0.3, -0.25) is 0 Å². The molecule has 0 aromatic heterocycles. The van der Waals surface area contributed by atoms with E-state index in [1.54, 1.807) is 0 Å². The molecule has 0 bridgehead atoms. The molecule has 0 aromatic carbocycles. The summed E-state index contributed by atoms with van der Waals surface area (Å²) in [6.45, 7) is 0. The van der Waals surface area contributed by atoms with Crippen LogP contribution in [-0.4, -0.2) is 0 Å². The van der Waals surface area contributed by atoms with Crippen LogP contribution >= 0.6 is 0 Å². The van der Waals surface area contributed by atoms with Crippen LogP contribution in [0.15, 0.2) is 0 Å². The van der Waals surface area contributed by atoms with Crippen molar-refractivity contribution in [1.82, 2.24) is 0 Å². The van der Waals surface area contributed by atoms with Crippen molar-refractivity contribution in [1.29, 1.82) is 0 Å². The number of hydrogen-bond donors (Lipinski definition) is 0. The van der Waals surface area contributed by atoms with E-state index in [4.69, 9.17) is 0 Å². The van der Waals surface area contributed by atoms with E-state index in [1.807, 2.05) is 0 Å². The van der Waals surface area contributed by atoms with Gasteiger partial charge in [-0.2, -0.15) is 0 Å². The van der Waals surface area contributed by atoms with Gasteiger partial charge in [-0.05, 0) is 12.8 Å². The quantitative estimate of drug-likeness (QED) is 0.434. The summed E-state index contributed by atoms with van der Waals surface area (Å²) >= 11 is 0. The predicted molar refractivity (Wildman–Crippen MR) is 38.9 cm³/mol. The second kappa shape index (κ2) is 1.13. The van der Waals surface area contributed by atoms with Crippen molar-refractivity contribution in [2.45, 2.75) is 25.7 Å². The van der Waals surface area contributed by atoms with Crippen molar-refractivity contribution in [3.8, 4) is 23.7 Å². The molecule has 0 heteroatoms. The van der Waals surface area contributed by atoms with E-state index in [0.717, 1.165) is 12.8 Å². The lowest BCUT2D eigenvalue weighted by molar-refractivity contribution is 0.0472. The van der Waals surface area contributed by atoms with E-state index < -0.39 is 0 Å². The average Bonchev–Trinajstić information content (AvgIpc) is 1.52. The van der Waals surface area contributed by atoms with Gasteiger partial charge in [0, 0.05) is 23.7 Å². The molecule has 1 fully saturated rings. The maximum absolute atomic E-state index is 3.26. The van der Waals surface area contributed by atoms with Crippen LogP contribution in [0, 0.1) is 34.5 Å². The molecular formula is C10H8. The maximum atomic E-state index is 3.26. The first-order valence-electron chi connectivity index (χ1n) is 3.83. The van der Waals surface area contributed by atoms with Gasteiger partial charge in [0.1, 0.15) is 0 Å². The zero-order valence-corrected chi connectivity index (χ0v) is 5.83. The first kappa shape index (κ1) is 4.86. The molecule has 0 amide bonds. The summed E-state index contributed by atoms with van der Waals surface area (Å²) in [5.41, 5.74) is 0.935. The van der Waals surface area contributed by atoms with Gasteiger partial charge in [0.15, 0.2) is 0 Å². The van der Waals surface area contributed by atoms with Gasteiger partial charge in [0.25, 0.3) is 0 Å². The van der Waals surface area contributed by atoms with Crippen LogP contribution in [0.1, 0.15) is 25.7 Å². The molecule has 0 unspecified atom stereocenters. The second-order valence-corrected chi connectivity index (χ2v) is 3.87. The highest BCUT2D eigenvalue weighted by atomic mass is 14.6. The van der Waals surface area contributed by atoms with Crippen molar-refractivity contribution < 1.29 is 0 Å². The molecule has 3 aliphatic rings. The second-order valence-electron chi connectivity index (χ2n) is 3.87. The fourth-order valence-electron chi connectivity index (χ4n) is 2.35. The summed E-state index contributed by atoms with van der Waals surface area (Å²) in [6, 6.07) is 0. The van der Waals surface area contributed by atoms with Crippen LogP contribution in [0.25, 0.3) is 0 Å². The van der Waals surface area contributed by atoms with Crippen molar-refractivity contribution in [3.05, 3.63) is 0 Å². The van der Waals surface area contributed by atoms with Gasteiger partial charge in [0.05, 0.1) is 0 Å². The molecule has 0 N–H and O–H groups in total. The monoisotopic (exact) mass is 128 g/mol. The SMILES string of the molecule is C1#CC2(C1)CC1(C#CC1)C2. The molecule has 1 saturated carbocycles. The Balaban J connectivity index is 1.86. The molecule has 3 rings (SSSR count). The van der Waals surface area contributed by atoms with E-state index in [2.05, 4.69) is 23.7 Å². The Hall–Kier alpha value is -0.880. The summed E-state index contributed by atoms with van der Waals surface area (Å²) in [5.74, 6) is 12.7. The minimum absolute atomic E-state index is 0.467. The molecule has 2 spiro atoms. The fraction of sp³-hybridized carbons (Fsp3) is 0.600. The van der Waals surface area contributed by atoms with Crippen LogP contribution in [0.2, 0.25) is 0 Å². The lowest BCUT2D eigenvalue weighted by Gasteiger charge is -2.54. The highest BCUT2D eigenvalue weighted by Gasteiger charge is 2.56. The van der Waals surface area contributed by atoms with Gasteiger partial charge in [0.2, 0.25) is 0 Å². The average molecular weight is 128 g/mol. The Morgan fingerprint density at radius 2 is 1.20 bits per heavy atom. The summed E-state index contributed by atoms with van der Waals surface area (Å²) in [7, 11) is 0. The van der Waals surface area contributed by atoms with Crippen molar-refractivity contribution >= 4 is 0 Å². The molecule has 3 aliphatic carbocycles. The lowest BCUT2D eigenvalue weighted by atomic mass is 9.47. The molecule has 0 atom stereocenters. The van der Waals surface area contributed by atoms with Gasteiger partial charge >= 0.3 is 0 Å². The number of rotatable bonds is 0.